The predicted molar refractivity (Wildman–Crippen MR) is 147 cm³/mol. The minimum Gasteiger partial charge on any atom is -0.454 e. The van der Waals surface area contributed by atoms with Crippen LogP contribution in [0.5, 0.6) is 11.5 Å². The fourth-order valence-electron chi connectivity index (χ4n) is 5.02. The zero-order valence-electron chi connectivity index (χ0n) is 22.2. The van der Waals surface area contributed by atoms with Crippen LogP contribution in [0.25, 0.3) is 0 Å². The Bertz CT molecular complexity index is 1290. The summed E-state index contributed by atoms with van der Waals surface area (Å²) in [6.45, 7) is 1.81. The number of benzene rings is 3. The van der Waals surface area contributed by atoms with Gasteiger partial charge in [-0.05, 0) is 48.2 Å². The minimum atomic E-state index is -0.720. The van der Waals surface area contributed by atoms with Gasteiger partial charge in [-0.15, -0.1) is 0 Å². The van der Waals surface area contributed by atoms with Gasteiger partial charge in [0, 0.05) is 26.2 Å². The van der Waals surface area contributed by atoms with Crippen molar-refractivity contribution in [3.8, 4) is 11.5 Å². The van der Waals surface area contributed by atoms with Crippen LogP contribution in [0, 0.1) is 5.92 Å². The highest BCUT2D eigenvalue weighted by Gasteiger charge is 2.36. The third-order valence-electron chi connectivity index (χ3n) is 7.16. The Morgan fingerprint density at radius 1 is 0.850 bits per heavy atom. The molecule has 9 nitrogen and oxygen atoms in total. The number of carbonyl (C=O) groups is 3. The second kappa shape index (κ2) is 12.7. The average Bonchev–Trinajstić information content (AvgIpc) is 3.46. The first-order chi connectivity index (χ1) is 19.5. The summed E-state index contributed by atoms with van der Waals surface area (Å²) >= 11 is 0. The Hall–Kier alpha value is -4.37. The molecule has 3 aromatic rings. The van der Waals surface area contributed by atoms with Gasteiger partial charge < -0.3 is 29.7 Å². The fourth-order valence-corrected chi connectivity index (χ4v) is 5.02. The Labute approximate surface area is 233 Å². The summed E-state index contributed by atoms with van der Waals surface area (Å²) in [7, 11) is 0. The van der Waals surface area contributed by atoms with Gasteiger partial charge in [0.15, 0.2) is 17.6 Å². The van der Waals surface area contributed by atoms with Gasteiger partial charge in [0.2, 0.25) is 6.79 Å². The highest BCUT2D eigenvalue weighted by Crippen LogP contribution is 2.34. The molecule has 9 heteroatoms. The Balaban J connectivity index is 1.39. The van der Waals surface area contributed by atoms with Crippen molar-refractivity contribution < 1.29 is 28.6 Å². The molecule has 2 aliphatic heterocycles. The number of nitrogens with zero attached hydrogens (tertiary/aromatic N) is 2. The summed E-state index contributed by atoms with van der Waals surface area (Å²) in [6.07, 6.45) is 0.290. The van der Waals surface area contributed by atoms with E-state index in [-0.39, 0.29) is 13.3 Å². The normalized spacial score (nSPS) is 15.4. The number of esters is 1. The van der Waals surface area contributed by atoms with E-state index in [0.29, 0.717) is 50.5 Å². The molecule has 0 aromatic heterocycles. The van der Waals surface area contributed by atoms with Gasteiger partial charge >= 0.3 is 17.8 Å². The van der Waals surface area contributed by atoms with Crippen molar-refractivity contribution in [2.24, 2.45) is 11.7 Å². The van der Waals surface area contributed by atoms with Crippen molar-refractivity contribution in [1.82, 2.24) is 9.80 Å². The summed E-state index contributed by atoms with van der Waals surface area (Å²) in [5.74, 6) is -1.11. The molecule has 0 spiro atoms. The topological polar surface area (TPSA) is 111 Å². The van der Waals surface area contributed by atoms with Crippen molar-refractivity contribution in [2.75, 3.05) is 39.5 Å². The summed E-state index contributed by atoms with van der Waals surface area (Å²) in [4.78, 5) is 42.7. The molecule has 0 saturated carbocycles. The van der Waals surface area contributed by atoms with Gasteiger partial charge in [-0.2, -0.15) is 0 Å². The minimum absolute atomic E-state index is 0.0544. The van der Waals surface area contributed by atoms with E-state index in [2.05, 4.69) is 0 Å². The molecule has 0 radical (unpaired) electrons. The standard InChI is InChI=1S/C31H33N3O6/c32-14-7-15-33-16-17-34(30(36)29(33)35)20-25(18-22-12-13-26-27(19-22)39-21-38-26)31(37)40-28(23-8-3-1-4-9-23)24-10-5-2-6-11-24/h1-6,8-13,19,25,28H,7,14-18,20-21,32H2. The lowest BCUT2D eigenvalue weighted by Crippen LogP contribution is -2.56. The second-order valence-corrected chi connectivity index (χ2v) is 9.91. The lowest BCUT2D eigenvalue weighted by atomic mass is 9.97. The van der Waals surface area contributed by atoms with Crippen molar-refractivity contribution >= 4 is 17.8 Å². The molecule has 208 valence electrons. The molecule has 1 fully saturated rings. The lowest BCUT2D eigenvalue weighted by molar-refractivity contribution is -0.160. The van der Waals surface area contributed by atoms with E-state index in [4.69, 9.17) is 19.9 Å². The van der Waals surface area contributed by atoms with Crippen LogP contribution in [0.4, 0.5) is 0 Å². The molecule has 2 aliphatic rings. The first-order valence-electron chi connectivity index (χ1n) is 13.5. The van der Waals surface area contributed by atoms with Crippen LogP contribution < -0.4 is 15.2 Å². The van der Waals surface area contributed by atoms with E-state index in [1.807, 2.05) is 78.9 Å². The number of ether oxygens (including phenoxy) is 3. The molecule has 3 aromatic carbocycles. The van der Waals surface area contributed by atoms with Gasteiger partial charge in [0.1, 0.15) is 0 Å². The van der Waals surface area contributed by atoms with Crippen LogP contribution in [0.15, 0.2) is 78.9 Å². The number of piperazine rings is 1. The van der Waals surface area contributed by atoms with Gasteiger partial charge in [0.05, 0.1) is 5.92 Å². The first kappa shape index (κ1) is 27.2. The maximum absolute atomic E-state index is 13.9. The molecule has 1 atom stereocenters. The predicted octanol–water partition coefficient (Wildman–Crippen LogP) is 2.93. The van der Waals surface area contributed by atoms with Gasteiger partial charge in [-0.25, -0.2) is 0 Å². The molecular formula is C31H33N3O6. The largest absolute Gasteiger partial charge is 0.454 e. The van der Waals surface area contributed by atoms with E-state index in [9.17, 15) is 14.4 Å². The van der Waals surface area contributed by atoms with E-state index >= 15 is 0 Å². The summed E-state index contributed by atoms with van der Waals surface area (Å²) in [5, 5.41) is 0. The molecule has 2 amide bonds. The molecule has 0 bridgehead atoms. The molecule has 40 heavy (non-hydrogen) atoms. The van der Waals surface area contributed by atoms with E-state index in [1.54, 1.807) is 0 Å². The summed E-state index contributed by atoms with van der Waals surface area (Å²) in [5.41, 5.74) is 8.09. The van der Waals surface area contributed by atoms with Gasteiger partial charge in [-0.1, -0.05) is 66.7 Å². The van der Waals surface area contributed by atoms with E-state index in [0.717, 1.165) is 16.7 Å². The third-order valence-corrected chi connectivity index (χ3v) is 7.16. The first-order valence-corrected chi connectivity index (χ1v) is 13.5. The molecular weight excluding hydrogens is 510 g/mol. The number of rotatable bonds is 11. The van der Waals surface area contributed by atoms with Crippen LogP contribution >= 0.6 is 0 Å². The van der Waals surface area contributed by atoms with Crippen molar-refractivity contribution in [3.05, 3.63) is 95.6 Å². The molecule has 1 unspecified atom stereocenters. The highest BCUT2D eigenvalue weighted by atomic mass is 16.7. The van der Waals surface area contributed by atoms with Crippen molar-refractivity contribution in [2.45, 2.75) is 18.9 Å². The number of amides is 2. The fraction of sp³-hybridized carbons (Fsp3) is 0.323. The number of hydrogen-bond donors (Lipinski definition) is 1. The Morgan fingerprint density at radius 2 is 1.48 bits per heavy atom. The Kier molecular flexibility index (Phi) is 8.61. The van der Waals surface area contributed by atoms with E-state index in [1.165, 1.54) is 9.80 Å². The molecule has 2 N–H and O–H groups in total. The monoisotopic (exact) mass is 543 g/mol. The zero-order chi connectivity index (χ0) is 27.9. The summed E-state index contributed by atoms with van der Waals surface area (Å²) in [6, 6.07) is 24.6. The quantitative estimate of drug-likeness (QED) is 0.292. The molecule has 5 rings (SSSR count). The van der Waals surface area contributed by atoms with E-state index < -0.39 is 29.8 Å². The van der Waals surface area contributed by atoms with Crippen LogP contribution in [0.3, 0.4) is 0 Å². The Morgan fingerprint density at radius 3 is 2.15 bits per heavy atom. The zero-order valence-corrected chi connectivity index (χ0v) is 22.2. The SMILES string of the molecule is NCCCN1CCN(CC(Cc2ccc3c(c2)OCO3)C(=O)OC(c2ccccc2)c2ccccc2)C(=O)C1=O. The number of carbonyl (C=O) groups excluding carboxylic acids is 3. The average molecular weight is 544 g/mol. The van der Waals surface area contributed by atoms with Crippen LogP contribution in [-0.4, -0.2) is 67.1 Å². The molecule has 1 saturated heterocycles. The van der Waals surface area contributed by atoms with Crippen LogP contribution in [-0.2, 0) is 25.5 Å². The molecule has 0 aliphatic carbocycles. The number of nitrogens with two attached hydrogens (primary N) is 1. The number of fused-ring (bicyclic) bond motifs is 1. The maximum Gasteiger partial charge on any atom is 0.312 e. The van der Waals surface area contributed by atoms with Crippen LogP contribution in [0.1, 0.15) is 29.2 Å². The van der Waals surface area contributed by atoms with Gasteiger partial charge in [-0.3, -0.25) is 14.4 Å². The van der Waals surface area contributed by atoms with Crippen molar-refractivity contribution in [1.29, 1.82) is 0 Å². The lowest BCUT2D eigenvalue weighted by Gasteiger charge is -2.35. The maximum atomic E-state index is 13.9. The molecule has 2 heterocycles. The van der Waals surface area contributed by atoms with Crippen molar-refractivity contribution in [3.63, 3.8) is 0 Å². The highest BCUT2D eigenvalue weighted by molar-refractivity contribution is 6.35. The second-order valence-electron chi connectivity index (χ2n) is 9.91. The number of hydrogen-bond acceptors (Lipinski definition) is 7. The third kappa shape index (κ3) is 6.26. The van der Waals surface area contributed by atoms with Gasteiger partial charge in [0.25, 0.3) is 0 Å². The smallest absolute Gasteiger partial charge is 0.312 e. The van der Waals surface area contributed by atoms with Crippen LogP contribution in [0.2, 0.25) is 0 Å². The summed E-state index contributed by atoms with van der Waals surface area (Å²) < 4.78 is 17.1.